The molecule has 50 heavy (non-hydrogen) atoms. The second-order valence-corrected chi connectivity index (χ2v) is 15.6. The van der Waals surface area contributed by atoms with Crippen molar-refractivity contribution in [2.24, 2.45) is 0 Å². The number of aromatic amines is 2. The van der Waals surface area contributed by atoms with Crippen LogP contribution in [-0.2, 0) is 22.1 Å². The van der Waals surface area contributed by atoms with Crippen molar-refractivity contribution in [3.05, 3.63) is 121 Å². The second kappa shape index (κ2) is 11.0. The van der Waals surface area contributed by atoms with Gasteiger partial charge in [0, 0.05) is 0 Å². The standard InChI is InChI=1S/C32H17N8.C6H5O2S.Cu/c1-2-10-18-17(9-1)25-33-26(18)38-28-21-13-5-6-14-22(21)30(35-28)40-32-24-16-8-7-15-23(24)31(36-32)39-29-20-12-4-3-11-19(20)27(34-29)37-25;7-9(8)6-4-2-1-3-5-6;/h1-15H,(H2,33,34,35,36,37,38,39,40);1-5H;. The molecule has 2 N–H and O–H groups in total. The van der Waals surface area contributed by atoms with Gasteiger partial charge in [-0.25, -0.2) is 0 Å². The molecule has 8 aromatic rings. The Morgan fingerprint density at radius 1 is 0.420 bits per heavy atom. The molecule has 0 radical (unpaired) electrons. The summed E-state index contributed by atoms with van der Waals surface area (Å²) in [5.41, 5.74) is 5.40. The van der Waals surface area contributed by atoms with E-state index in [4.69, 9.17) is 29.9 Å². The Hall–Kier alpha value is -6.07. The van der Waals surface area contributed by atoms with Crippen molar-refractivity contribution in [1.82, 2.24) is 39.9 Å². The van der Waals surface area contributed by atoms with Gasteiger partial charge in [0.25, 0.3) is 0 Å². The molecule has 0 atom stereocenters. The van der Waals surface area contributed by atoms with E-state index in [0.29, 0.717) is 61.1 Å². The Morgan fingerprint density at radius 3 is 1.38 bits per heavy atom. The molecule has 0 amide bonds. The Morgan fingerprint density at radius 2 is 0.840 bits per heavy atom. The molecule has 0 saturated heterocycles. The molecule has 0 fully saturated rings. The Balaban J connectivity index is 1.35. The monoisotopic (exact) mass is 717 g/mol. The minimum atomic E-state index is -3.78. The van der Waals surface area contributed by atoms with Crippen molar-refractivity contribution < 1.29 is 22.3 Å². The number of hydrogen-bond acceptors (Lipinski definition) is 8. The first-order chi connectivity index (χ1) is 24.5. The van der Waals surface area contributed by atoms with Crippen LogP contribution in [0.3, 0.4) is 0 Å². The summed E-state index contributed by atoms with van der Waals surface area (Å²) < 4.78 is 27.8. The summed E-state index contributed by atoms with van der Waals surface area (Å²) in [5.74, 6) is 1.90. The Bertz CT molecular complexity index is 2990. The van der Waals surface area contributed by atoms with Crippen LogP contribution in [0.4, 0.5) is 0 Å². The van der Waals surface area contributed by atoms with Crippen molar-refractivity contribution in [3.8, 4) is 45.6 Å². The molecule has 0 spiro atoms. The first kappa shape index (κ1) is 28.9. The fraction of sp³-hybridized carbons (Fsp3) is 0. The topological polar surface area (TPSA) is 143 Å². The van der Waals surface area contributed by atoms with E-state index < -0.39 is 8.26 Å². The van der Waals surface area contributed by atoms with Gasteiger partial charge >= 0.3 is 285 Å². The summed E-state index contributed by atoms with van der Waals surface area (Å²) >= 11 is 0.902. The fourth-order valence-corrected chi connectivity index (χ4v) is 9.52. The Labute approximate surface area is 289 Å². The van der Waals surface area contributed by atoms with Gasteiger partial charge in [-0.15, -0.1) is 0 Å². The molecule has 8 bridgehead atoms. The molecule has 2 aliphatic rings. The first-order valence-corrected chi connectivity index (χ1v) is 18.6. The van der Waals surface area contributed by atoms with E-state index in [2.05, 4.69) is 9.97 Å². The molecule has 10 nitrogen and oxygen atoms in total. The van der Waals surface area contributed by atoms with Crippen LogP contribution in [0.1, 0.15) is 0 Å². The number of H-pyrrole nitrogens is 2. The van der Waals surface area contributed by atoms with Crippen molar-refractivity contribution >= 4 is 56.9 Å². The van der Waals surface area contributed by atoms with Crippen LogP contribution in [0.5, 0.6) is 0 Å². The number of hydrogen-bond donors (Lipinski definition) is 2. The number of aromatic nitrogens is 8. The molecule has 243 valence electrons. The average Bonchev–Trinajstić information content (AvgIpc) is 3.88. The molecule has 12 heteroatoms. The molecular formula is C38H22CuN8O2S. The van der Waals surface area contributed by atoms with Gasteiger partial charge in [-0.1, -0.05) is 6.07 Å². The summed E-state index contributed by atoms with van der Waals surface area (Å²) in [6, 6.07) is 37.4. The van der Waals surface area contributed by atoms with Crippen LogP contribution in [-0.4, -0.2) is 48.3 Å². The fourth-order valence-electron chi connectivity index (χ4n) is 6.37. The van der Waals surface area contributed by atoms with Gasteiger partial charge in [0.1, 0.15) is 0 Å². The van der Waals surface area contributed by atoms with E-state index in [1.807, 2.05) is 84.9 Å². The predicted octanol–water partition coefficient (Wildman–Crippen LogP) is 6.97. The van der Waals surface area contributed by atoms with Crippen LogP contribution < -0.4 is 4.46 Å². The van der Waals surface area contributed by atoms with Crippen LogP contribution in [0.25, 0.3) is 89.7 Å². The van der Waals surface area contributed by atoms with Crippen LogP contribution in [0.15, 0.2) is 126 Å². The SMILES string of the molecule is O=[S](=O)([Cu][c]1cccc2c3nc4nc(nc5[nH]c(nc6nc(nc([nH]3)c12)-c1ccccc1-6)c1ccccc51)-c1ccccc1-4)c1ccccc1. The molecule has 0 unspecified atom stereocenters. The molecule has 5 heterocycles. The molecular weight excluding hydrogens is 696 g/mol. The van der Waals surface area contributed by atoms with Gasteiger partial charge in [-0.3, -0.25) is 0 Å². The average molecular weight is 718 g/mol. The van der Waals surface area contributed by atoms with Crippen LogP contribution in [0, 0.1) is 0 Å². The third-order valence-electron chi connectivity index (χ3n) is 8.65. The number of rotatable bonds is 3. The maximum absolute atomic E-state index is 13.6. The molecule has 0 aliphatic carbocycles. The summed E-state index contributed by atoms with van der Waals surface area (Å²) in [4.78, 5) is 37.1. The Kier molecular flexibility index (Phi) is 6.34. The molecule has 10 rings (SSSR count). The number of nitrogens with one attached hydrogen (secondary N) is 2. The van der Waals surface area contributed by atoms with E-state index in [-0.39, 0.29) is 4.90 Å². The summed E-state index contributed by atoms with van der Waals surface area (Å²) in [5, 5.41) is 3.07. The van der Waals surface area contributed by atoms with Crippen LogP contribution >= 0.6 is 0 Å². The minimum absolute atomic E-state index is 0.208. The number of benzene rings is 5. The van der Waals surface area contributed by atoms with E-state index in [1.54, 1.807) is 36.4 Å². The van der Waals surface area contributed by atoms with Crippen molar-refractivity contribution in [2.45, 2.75) is 4.90 Å². The van der Waals surface area contributed by atoms with E-state index >= 15 is 0 Å². The normalized spacial score (nSPS) is 12.3. The summed E-state index contributed by atoms with van der Waals surface area (Å²) in [6.45, 7) is 0. The molecule has 3 aromatic heterocycles. The van der Waals surface area contributed by atoms with Crippen molar-refractivity contribution in [1.29, 1.82) is 0 Å². The first-order valence-electron chi connectivity index (χ1n) is 15.6. The van der Waals surface area contributed by atoms with Gasteiger partial charge in [-0.2, -0.15) is 0 Å². The van der Waals surface area contributed by atoms with Crippen molar-refractivity contribution in [3.63, 3.8) is 0 Å². The summed E-state index contributed by atoms with van der Waals surface area (Å²) in [7, 11) is -3.78. The zero-order valence-corrected chi connectivity index (χ0v) is 27.5. The molecule has 5 aromatic carbocycles. The van der Waals surface area contributed by atoms with E-state index in [1.165, 1.54) is 0 Å². The second-order valence-electron chi connectivity index (χ2n) is 11.6. The third-order valence-corrected chi connectivity index (χ3v) is 12.2. The zero-order valence-electron chi connectivity index (χ0n) is 25.8. The van der Waals surface area contributed by atoms with Gasteiger partial charge in [0.15, 0.2) is 0 Å². The van der Waals surface area contributed by atoms with E-state index in [9.17, 15) is 8.42 Å². The van der Waals surface area contributed by atoms with Crippen molar-refractivity contribution in [2.75, 3.05) is 0 Å². The van der Waals surface area contributed by atoms with Gasteiger partial charge in [-0.05, 0) is 0 Å². The molecule has 0 saturated carbocycles. The van der Waals surface area contributed by atoms with Gasteiger partial charge < -0.3 is 0 Å². The van der Waals surface area contributed by atoms with Crippen LogP contribution in [0.2, 0.25) is 0 Å². The van der Waals surface area contributed by atoms with Gasteiger partial charge in [0.05, 0.1) is 0 Å². The van der Waals surface area contributed by atoms with Gasteiger partial charge in [0.2, 0.25) is 0 Å². The predicted molar refractivity (Wildman–Crippen MR) is 189 cm³/mol. The quantitative estimate of drug-likeness (QED) is 0.187. The zero-order chi connectivity index (χ0) is 33.4. The molecule has 2 aliphatic heterocycles. The summed E-state index contributed by atoms with van der Waals surface area (Å²) in [6.07, 6.45) is 0. The van der Waals surface area contributed by atoms with E-state index in [0.717, 1.165) is 46.9 Å². The number of fused-ring (bicyclic) bond motifs is 20. The third kappa shape index (κ3) is 4.57. The maximum atomic E-state index is 13.6. The number of nitrogens with zero attached hydrogens (tertiary/aromatic N) is 6.